The SMILES string of the molecule is C1COCCN1.COC(=O)C(NC(=O)c1ccc(C#Cc2ccc(C=O)cc2)cc1)[C@@H](C)O.COC(=O)C(NC(=O)c1ccc(C#Cc2ccc(CN3CCOCC3)cc2)cc1)[C@@H](C)O. The van der Waals surface area contributed by atoms with Gasteiger partial charge in [-0.15, -0.1) is 0 Å². The van der Waals surface area contributed by atoms with Crippen LogP contribution in [0.3, 0.4) is 0 Å². The Hall–Kier alpha value is -6.69. The first-order valence-corrected chi connectivity index (χ1v) is 21.0. The first-order chi connectivity index (χ1) is 31.4. The summed E-state index contributed by atoms with van der Waals surface area (Å²) >= 11 is 0. The summed E-state index contributed by atoms with van der Waals surface area (Å²) in [7, 11) is 2.39. The topological polar surface area (TPSA) is 202 Å². The normalized spacial score (nSPS) is 15.0. The molecule has 342 valence electrons. The Morgan fingerprint density at radius 1 is 0.631 bits per heavy atom. The number of aliphatic hydroxyl groups excluding tert-OH is 2. The number of morpholine rings is 2. The lowest BCUT2D eigenvalue weighted by atomic mass is 10.1. The lowest BCUT2D eigenvalue weighted by Crippen LogP contribution is -2.48. The average molecular weight is 889 g/mol. The fraction of sp³-hybridized carbons (Fsp3) is 0.340. The minimum absolute atomic E-state index is 0.324. The molecule has 0 saturated carbocycles. The van der Waals surface area contributed by atoms with Crippen molar-refractivity contribution in [1.29, 1.82) is 0 Å². The van der Waals surface area contributed by atoms with Crippen LogP contribution < -0.4 is 16.0 Å². The van der Waals surface area contributed by atoms with Gasteiger partial charge >= 0.3 is 11.9 Å². The van der Waals surface area contributed by atoms with Gasteiger partial charge in [-0.1, -0.05) is 47.9 Å². The highest BCUT2D eigenvalue weighted by Crippen LogP contribution is 2.11. The van der Waals surface area contributed by atoms with Crippen molar-refractivity contribution in [2.75, 3.05) is 66.8 Å². The van der Waals surface area contributed by atoms with Crippen LogP contribution in [0.4, 0.5) is 0 Å². The van der Waals surface area contributed by atoms with E-state index < -0.39 is 48.0 Å². The van der Waals surface area contributed by atoms with Crippen molar-refractivity contribution in [2.45, 2.75) is 44.7 Å². The maximum absolute atomic E-state index is 12.4. The summed E-state index contributed by atoms with van der Waals surface area (Å²) < 4.78 is 19.6. The Bertz CT molecular complexity index is 2250. The number of carbonyl (C=O) groups is 5. The Balaban J connectivity index is 0.000000254. The maximum Gasteiger partial charge on any atom is 0.331 e. The molecule has 5 N–H and O–H groups in total. The number of amides is 2. The number of rotatable bonds is 11. The molecule has 65 heavy (non-hydrogen) atoms. The van der Waals surface area contributed by atoms with Gasteiger partial charge in [-0.05, 0) is 92.2 Å². The number of benzene rings is 4. The van der Waals surface area contributed by atoms with E-state index in [-0.39, 0.29) is 0 Å². The second-order valence-electron chi connectivity index (χ2n) is 14.8. The zero-order valence-electron chi connectivity index (χ0n) is 37.0. The quantitative estimate of drug-likeness (QED) is 0.0838. The number of aliphatic hydroxyl groups is 2. The van der Waals surface area contributed by atoms with E-state index in [1.54, 1.807) is 72.8 Å². The number of carbonyl (C=O) groups excluding carboxylic acids is 5. The van der Waals surface area contributed by atoms with Gasteiger partial charge in [0.1, 0.15) is 6.29 Å². The van der Waals surface area contributed by atoms with Gasteiger partial charge in [0.15, 0.2) is 12.1 Å². The minimum Gasteiger partial charge on any atom is -0.467 e. The van der Waals surface area contributed by atoms with Gasteiger partial charge in [-0.25, -0.2) is 9.59 Å². The van der Waals surface area contributed by atoms with E-state index in [0.29, 0.717) is 22.3 Å². The molecule has 15 heteroatoms. The first-order valence-electron chi connectivity index (χ1n) is 21.0. The Morgan fingerprint density at radius 3 is 1.32 bits per heavy atom. The Morgan fingerprint density at radius 2 is 1.00 bits per heavy atom. The smallest absolute Gasteiger partial charge is 0.331 e. The van der Waals surface area contributed by atoms with Crippen LogP contribution in [-0.4, -0.2) is 136 Å². The number of hydrogen-bond acceptors (Lipinski definition) is 13. The van der Waals surface area contributed by atoms with Gasteiger partial charge < -0.3 is 45.1 Å². The highest BCUT2D eigenvalue weighted by atomic mass is 16.5. The summed E-state index contributed by atoms with van der Waals surface area (Å²) in [6.07, 6.45) is -1.39. The third-order valence-electron chi connectivity index (χ3n) is 9.80. The van der Waals surface area contributed by atoms with Crippen LogP contribution >= 0.6 is 0 Å². The monoisotopic (exact) mass is 888 g/mol. The predicted octanol–water partition coefficient (Wildman–Crippen LogP) is 2.73. The van der Waals surface area contributed by atoms with Crippen molar-refractivity contribution in [3.05, 3.63) is 142 Å². The van der Waals surface area contributed by atoms with Crippen LogP contribution in [0.2, 0.25) is 0 Å². The number of nitrogens with zero attached hydrogens (tertiary/aromatic N) is 1. The molecule has 4 atom stereocenters. The second kappa shape index (κ2) is 27.5. The van der Waals surface area contributed by atoms with Crippen LogP contribution in [0, 0.1) is 23.7 Å². The number of ether oxygens (including phenoxy) is 4. The number of methoxy groups -OCH3 is 2. The molecule has 2 heterocycles. The molecule has 2 aliphatic rings. The van der Waals surface area contributed by atoms with Crippen LogP contribution in [-0.2, 0) is 35.1 Å². The molecular weight excluding hydrogens is 833 g/mol. The lowest BCUT2D eigenvalue weighted by molar-refractivity contribution is -0.146. The summed E-state index contributed by atoms with van der Waals surface area (Å²) in [5, 5.41) is 27.4. The van der Waals surface area contributed by atoms with E-state index in [4.69, 9.17) is 9.47 Å². The van der Waals surface area contributed by atoms with Crippen LogP contribution in [0.25, 0.3) is 0 Å². The number of nitrogens with one attached hydrogen (secondary N) is 3. The predicted molar refractivity (Wildman–Crippen MR) is 243 cm³/mol. The van der Waals surface area contributed by atoms with Gasteiger partial charge in [0, 0.05) is 71.7 Å². The molecule has 0 spiro atoms. The largest absolute Gasteiger partial charge is 0.467 e. The third kappa shape index (κ3) is 17.8. The van der Waals surface area contributed by atoms with Gasteiger partial charge in [-0.3, -0.25) is 19.3 Å². The Labute approximate surface area is 379 Å². The highest BCUT2D eigenvalue weighted by Gasteiger charge is 2.28. The summed E-state index contributed by atoms with van der Waals surface area (Å²) in [5.41, 5.74) is 5.65. The number of aldehydes is 1. The van der Waals surface area contributed by atoms with Crippen molar-refractivity contribution in [2.24, 2.45) is 0 Å². The number of hydrogen-bond donors (Lipinski definition) is 5. The molecular formula is C50H56N4O11. The van der Waals surface area contributed by atoms with Crippen LogP contribution in [0.1, 0.15) is 72.7 Å². The first kappa shape index (κ1) is 50.9. The Kier molecular flexibility index (Phi) is 21.5. The van der Waals surface area contributed by atoms with E-state index in [1.807, 2.05) is 12.1 Å². The molecule has 0 bridgehead atoms. The van der Waals surface area contributed by atoms with Crippen LogP contribution in [0.5, 0.6) is 0 Å². The van der Waals surface area contributed by atoms with Gasteiger partial charge in [0.05, 0.1) is 52.9 Å². The van der Waals surface area contributed by atoms with E-state index >= 15 is 0 Å². The van der Waals surface area contributed by atoms with Gasteiger partial charge in [0.25, 0.3) is 11.8 Å². The molecule has 0 aliphatic carbocycles. The molecule has 2 saturated heterocycles. The van der Waals surface area contributed by atoms with Gasteiger partial charge in [0.2, 0.25) is 0 Å². The van der Waals surface area contributed by atoms with E-state index in [9.17, 15) is 34.2 Å². The highest BCUT2D eigenvalue weighted by molar-refractivity contribution is 5.97. The molecule has 2 unspecified atom stereocenters. The molecule has 2 fully saturated rings. The molecule has 0 radical (unpaired) electrons. The van der Waals surface area contributed by atoms with Gasteiger partial charge in [-0.2, -0.15) is 0 Å². The standard InChI is InChI=1S/C25H28N2O5.C21H19NO5.C4H9NO/c1-18(28)23(25(30)31-2)26-24(29)22-11-9-20(10-12-22)4-3-19-5-7-21(8-6-19)17-27-13-15-32-16-14-27;1-14(24)19(21(26)27-2)22-20(25)18-11-9-16(10-12-18)4-3-15-5-7-17(13-23)8-6-15;1-3-6-4-2-5-1/h5-12,18,23,28H,13-17H2,1-2H3,(H,26,29);5-14,19,24H,1-2H3,(H,22,25);5H,1-4H2/t18-,23?;14-,19?;/m11./s1. The van der Waals surface area contributed by atoms with E-state index in [2.05, 4.69) is 66.1 Å². The van der Waals surface area contributed by atoms with E-state index in [1.165, 1.54) is 33.6 Å². The summed E-state index contributed by atoms with van der Waals surface area (Å²) in [4.78, 5) is 60.9. The fourth-order valence-corrected chi connectivity index (χ4v) is 6.03. The molecule has 6 rings (SSSR count). The second-order valence-corrected chi connectivity index (χ2v) is 14.8. The fourth-order valence-electron chi connectivity index (χ4n) is 6.03. The van der Waals surface area contributed by atoms with Crippen molar-refractivity contribution < 1.29 is 53.1 Å². The summed E-state index contributed by atoms with van der Waals surface area (Å²) in [6, 6.07) is 26.0. The molecule has 4 aromatic carbocycles. The maximum atomic E-state index is 12.4. The van der Waals surface area contributed by atoms with Crippen molar-refractivity contribution in [1.82, 2.24) is 20.9 Å². The van der Waals surface area contributed by atoms with Crippen LogP contribution in [0.15, 0.2) is 97.1 Å². The van der Waals surface area contributed by atoms with Crippen molar-refractivity contribution in [3.8, 4) is 23.7 Å². The average Bonchev–Trinajstić information content (AvgIpc) is 3.35. The third-order valence-corrected chi connectivity index (χ3v) is 9.80. The lowest BCUT2D eigenvalue weighted by Gasteiger charge is -2.26. The number of esters is 2. The molecule has 0 aromatic heterocycles. The molecule has 15 nitrogen and oxygen atoms in total. The summed E-state index contributed by atoms with van der Waals surface area (Å²) in [5.74, 6) is 9.76. The molecule has 2 aliphatic heterocycles. The zero-order valence-corrected chi connectivity index (χ0v) is 37.0. The zero-order chi connectivity index (χ0) is 47.0. The van der Waals surface area contributed by atoms with Crippen molar-refractivity contribution >= 4 is 30.0 Å². The molecule has 2 amide bonds. The van der Waals surface area contributed by atoms with E-state index in [0.717, 1.165) is 82.1 Å². The minimum atomic E-state index is -1.14. The molecule has 4 aromatic rings. The summed E-state index contributed by atoms with van der Waals surface area (Å²) in [6.45, 7) is 11.0. The van der Waals surface area contributed by atoms with Crippen molar-refractivity contribution in [3.63, 3.8) is 0 Å².